The Morgan fingerprint density at radius 1 is 0.909 bits per heavy atom. The monoisotopic (exact) mass is 442 g/mol. The molecule has 0 spiro atoms. The highest BCUT2D eigenvalue weighted by atomic mass is 16.2. The van der Waals surface area contributed by atoms with Crippen LogP contribution in [0.25, 0.3) is 22.0 Å². The summed E-state index contributed by atoms with van der Waals surface area (Å²) in [6.07, 6.45) is 0. The van der Waals surface area contributed by atoms with E-state index in [1.807, 2.05) is 63.2 Å². The minimum atomic E-state index is -0.413. The van der Waals surface area contributed by atoms with Crippen molar-refractivity contribution in [3.8, 4) is 11.3 Å². The van der Waals surface area contributed by atoms with Gasteiger partial charge in [-0.05, 0) is 44.4 Å². The van der Waals surface area contributed by atoms with Crippen molar-refractivity contribution in [2.75, 3.05) is 16.4 Å². The van der Waals surface area contributed by atoms with Gasteiger partial charge in [0.1, 0.15) is 5.56 Å². The smallest absolute Gasteiger partial charge is 0.323 e. The number of H-pyrrole nitrogens is 1. The molecule has 33 heavy (non-hydrogen) atoms. The van der Waals surface area contributed by atoms with Crippen molar-refractivity contribution < 1.29 is 9.59 Å². The molecule has 0 saturated heterocycles. The molecule has 0 aliphatic rings. The third-order valence-electron chi connectivity index (χ3n) is 4.98. The number of aromatic amines is 1. The summed E-state index contributed by atoms with van der Waals surface area (Å²) in [4.78, 5) is 25.3. The number of nitrogens with one attached hydrogen (secondary N) is 4. The molecule has 168 valence electrons. The SMILES string of the molecule is CC(C)(C)NC(=O)c1c(N)n[nH]c1-c1ccc(NC(=O)Nc2cccc3ccccc23)cc1. The van der Waals surface area contributed by atoms with Crippen molar-refractivity contribution >= 4 is 39.9 Å². The number of nitrogens with two attached hydrogens (primary N) is 1. The highest BCUT2D eigenvalue weighted by Gasteiger charge is 2.23. The molecule has 0 aliphatic heterocycles. The molecule has 6 N–H and O–H groups in total. The Balaban J connectivity index is 1.49. The average Bonchev–Trinajstić information content (AvgIpc) is 3.15. The van der Waals surface area contributed by atoms with Gasteiger partial charge in [0.25, 0.3) is 5.91 Å². The number of benzene rings is 3. The van der Waals surface area contributed by atoms with Gasteiger partial charge in [-0.3, -0.25) is 9.89 Å². The summed E-state index contributed by atoms with van der Waals surface area (Å²) in [5, 5.41) is 17.5. The average molecular weight is 443 g/mol. The van der Waals surface area contributed by atoms with Crippen molar-refractivity contribution in [1.29, 1.82) is 0 Å². The molecule has 0 radical (unpaired) electrons. The molecule has 4 rings (SSSR count). The quantitative estimate of drug-likeness (QED) is 0.305. The third kappa shape index (κ3) is 4.95. The van der Waals surface area contributed by atoms with Crippen LogP contribution in [-0.4, -0.2) is 27.7 Å². The van der Waals surface area contributed by atoms with Crippen molar-refractivity contribution in [3.63, 3.8) is 0 Å². The van der Waals surface area contributed by atoms with E-state index in [0.717, 1.165) is 22.0 Å². The van der Waals surface area contributed by atoms with E-state index in [1.165, 1.54) is 0 Å². The zero-order valence-electron chi connectivity index (χ0n) is 18.7. The predicted octanol–water partition coefficient (Wildman–Crippen LogP) is 4.98. The number of nitrogens with zero attached hydrogens (tertiary/aromatic N) is 1. The molecule has 1 heterocycles. The molecule has 0 atom stereocenters. The first kappa shape index (κ1) is 21.9. The molecule has 8 nitrogen and oxygen atoms in total. The van der Waals surface area contributed by atoms with Crippen molar-refractivity contribution in [3.05, 3.63) is 72.3 Å². The summed E-state index contributed by atoms with van der Waals surface area (Å²) < 4.78 is 0. The largest absolute Gasteiger partial charge is 0.382 e. The second kappa shape index (κ2) is 8.66. The molecule has 0 saturated carbocycles. The van der Waals surface area contributed by atoms with Crippen LogP contribution in [0.4, 0.5) is 22.0 Å². The first-order chi connectivity index (χ1) is 15.7. The Labute approximate surface area is 191 Å². The number of urea groups is 1. The highest BCUT2D eigenvalue weighted by molar-refractivity contribution is 6.07. The summed E-state index contributed by atoms with van der Waals surface area (Å²) in [7, 11) is 0. The lowest BCUT2D eigenvalue weighted by molar-refractivity contribution is 0.0921. The number of amides is 3. The van der Waals surface area contributed by atoms with Gasteiger partial charge in [-0.2, -0.15) is 5.10 Å². The van der Waals surface area contributed by atoms with E-state index in [0.29, 0.717) is 16.9 Å². The van der Waals surface area contributed by atoms with Crippen LogP contribution in [0, 0.1) is 0 Å². The summed E-state index contributed by atoms with van der Waals surface area (Å²) in [6.45, 7) is 5.68. The number of aromatic nitrogens is 2. The van der Waals surface area contributed by atoms with Crippen LogP contribution < -0.4 is 21.7 Å². The van der Waals surface area contributed by atoms with Crippen LogP contribution in [0.5, 0.6) is 0 Å². The van der Waals surface area contributed by atoms with Gasteiger partial charge < -0.3 is 21.7 Å². The van der Waals surface area contributed by atoms with Crippen LogP contribution in [0.2, 0.25) is 0 Å². The fourth-order valence-corrected chi connectivity index (χ4v) is 3.54. The van der Waals surface area contributed by atoms with E-state index in [1.54, 1.807) is 24.3 Å². The molecule has 1 aromatic heterocycles. The van der Waals surface area contributed by atoms with E-state index >= 15 is 0 Å². The second-order valence-corrected chi connectivity index (χ2v) is 8.75. The lowest BCUT2D eigenvalue weighted by atomic mass is 10.0. The summed E-state index contributed by atoms with van der Waals surface area (Å²) in [6, 6.07) is 20.3. The van der Waals surface area contributed by atoms with E-state index in [-0.39, 0.29) is 17.8 Å². The number of hydrogen-bond donors (Lipinski definition) is 5. The maximum Gasteiger partial charge on any atom is 0.323 e. The van der Waals surface area contributed by atoms with Gasteiger partial charge in [0, 0.05) is 22.2 Å². The number of anilines is 3. The van der Waals surface area contributed by atoms with Gasteiger partial charge in [0.2, 0.25) is 0 Å². The maximum absolute atomic E-state index is 12.7. The van der Waals surface area contributed by atoms with Crippen molar-refractivity contribution in [2.24, 2.45) is 0 Å². The Morgan fingerprint density at radius 2 is 1.61 bits per heavy atom. The standard InChI is InChI=1S/C25H26N6O2/c1-25(2,3)29-23(32)20-21(30-31-22(20)26)16-11-13-17(14-12-16)27-24(33)28-19-10-6-8-15-7-4-5-9-18(15)19/h4-14H,1-3H3,(H,29,32)(H3,26,30,31)(H2,27,28,33). The molecular weight excluding hydrogens is 416 g/mol. The molecule has 0 unspecified atom stereocenters. The normalized spacial score (nSPS) is 11.2. The van der Waals surface area contributed by atoms with Gasteiger partial charge in [-0.15, -0.1) is 0 Å². The number of carbonyl (C=O) groups is 2. The molecule has 8 heteroatoms. The van der Waals surface area contributed by atoms with Crippen molar-refractivity contribution in [2.45, 2.75) is 26.3 Å². The van der Waals surface area contributed by atoms with Crippen LogP contribution in [0.1, 0.15) is 31.1 Å². The fourth-order valence-electron chi connectivity index (χ4n) is 3.54. The van der Waals surface area contributed by atoms with Crippen LogP contribution in [0.3, 0.4) is 0 Å². The minimum Gasteiger partial charge on any atom is -0.382 e. The maximum atomic E-state index is 12.7. The van der Waals surface area contributed by atoms with Crippen molar-refractivity contribution in [1.82, 2.24) is 15.5 Å². The summed E-state index contributed by atoms with van der Waals surface area (Å²) >= 11 is 0. The Morgan fingerprint density at radius 3 is 2.33 bits per heavy atom. The van der Waals surface area contributed by atoms with Crippen LogP contribution in [0.15, 0.2) is 66.7 Å². The topological polar surface area (TPSA) is 125 Å². The lowest BCUT2D eigenvalue weighted by Crippen LogP contribution is -2.40. The molecule has 3 amide bonds. The number of rotatable bonds is 4. The Hall–Kier alpha value is -4.33. The van der Waals surface area contributed by atoms with Crippen LogP contribution in [-0.2, 0) is 0 Å². The van der Waals surface area contributed by atoms with Gasteiger partial charge in [0.15, 0.2) is 5.82 Å². The molecule has 4 aromatic rings. The predicted molar refractivity (Wildman–Crippen MR) is 132 cm³/mol. The Kier molecular flexibility index (Phi) is 5.74. The molecule has 3 aromatic carbocycles. The summed E-state index contributed by atoms with van der Waals surface area (Å²) in [5.74, 6) is -0.177. The first-order valence-corrected chi connectivity index (χ1v) is 10.5. The number of carbonyl (C=O) groups excluding carboxylic acids is 2. The highest BCUT2D eigenvalue weighted by Crippen LogP contribution is 2.27. The zero-order chi connectivity index (χ0) is 23.6. The summed E-state index contributed by atoms with van der Waals surface area (Å²) in [5.41, 5.74) is 8.38. The fraction of sp³-hybridized carbons (Fsp3) is 0.160. The second-order valence-electron chi connectivity index (χ2n) is 8.75. The van der Waals surface area contributed by atoms with E-state index in [4.69, 9.17) is 5.73 Å². The number of hydrogen-bond acceptors (Lipinski definition) is 4. The van der Waals surface area contributed by atoms with Gasteiger partial charge >= 0.3 is 6.03 Å². The lowest BCUT2D eigenvalue weighted by Gasteiger charge is -2.20. The molecule has 0 aliphatic carbocycles. The third-order valence-corrected chi connectivity index (χ3v) is 4.98. The van der Waals surface area contributed by atoms with Gasteiger partial charge in [-0.25, -0.2) is 4.79 Å². The van der Waals surface area contributed by atoms with E-state index < -0.39 is 5.54 Å². The van der Waals surface area contributed by atoms with Crippen LogP contribution >= 0.6 is 0 Å². The first-order valence-electron chi connectivity index (χ1n) is 10.5. The number of fused-ring (bicyclic) bond motifs is 1. The van der Waals surface area contributed by atoms with Gasteiger partial charge in [-0.1, -0.05) is 48.5 Å². The minimum absolute atomic E-state index is 0.128. The molecular formula is C25H26N6O2. The molecule has 0 fully saturated rings. The van der Waals surface area contributed by atoms with Gasteiger partial charge in [0.05, 0.1) is 11.4 Å². The number of nitrogen functional groups attached to an aromatic ring is 1. The molecule has 0 bridgehead atoms. The zero-order valence-corrected chi connectivity index (χ0v) is 18.7. The van der Waals surface area contributed by atoms with E-state index in [2.05, 4.69) is 26.1 Å². The van der Waals surface area contributed by atoms with E-state index in [9.17, 15) is 9.59 Å². The Bertz CT molecular complexity index is 1310.